The van der Waals surface area contributed by atoms with Crippen LogP contribution < -0.4 is 14.3 Å². The zero-order valence-electron chi connectivity index (χ0n) is 23.2. The Bertz CT molecular complexity index is 1420. The highest BCUT2D eigenvalue weighted by Crippen LogP contribution is 2.57. The molecule has 208 valence electrons. The zero-order chi connectivity index (χ0) is 27.7. The van der Waals surface area contributed by atoms with Crippen LogP contribution in [0.1, 0.15) is 52.0 Å². The number of esters is 1. The van der Waals surface area contributed by atoms with E-state index in [0.29, 0.717) is 29.1 Å². The molecule has 39 heavy (non-hydrogen) atoms. The van der Waals surface area contributed by atoms with E-state index < -0.39 is 11.1 Å². The predicted molar refractivity (Wildman–Crippen MR) is 142 cm³/mol. The molecule has 0 bridgehead atoms. The van der Waals surface area contributed by atoms with E-state index in [2.05, 4.69) is 9.88 Å². The Kier molecular flexibility index (Phi) is 6.03. The van der Waals surface area contributed by atoms with E-state index in [9.17, 15) is 9.28 Å². The van der Waals surface area contributed by atoms with Crippen molar-refractivity contribution in [1.29, 1.82) is 0 Å². The van der Waals surface area contributed by atoms with Crippen LogP contribution in [0.2, 0.25) is 0 Å². The van der Waals surface area contributed by atoms with Crippen molar-refractivity contribution >= 4 is 11.6 Å². The van der Waals surface area contributed by atoms with Gasteiger partial charge in [-0.3, -0.25) is 14.1 Å². The highest BCUT2D eigenvalue weighted by Gasteiger charge is 2.70. The smallest absolute Gasteiger partial charge is 0.327 e. The minimum Gasteiger partial charge on any atom is -0.496 e. The molecule has 3 aliphatic rings. The van der Waals surface area contributed by atoms with E-state index in [1.807, 2.05) is 56.5 Å². The molecule has 2 unspecified atom stereocenters. The van der Waals surface area contributed by atoms with Crippen molar-refractivity contribution in [2.24, 2.45) is 0 Å². The van der Waals surface area contributed by atoms with Gasteiger partial charge in [-0.1, -0.05) is 4.48 Å². The van der Waals surface area contributed by atoms with Gasteiger partial charge in [-0.2, -0.15) is 0 Å². The lowest BCUT2D eigenvalue weighted by Crippen LogP contribution is -2.84. The van der Waals surface area contributed by atoms with Gasteiger partial charge in [-0.25, -0.2) is 4.98 Å². The summed E-state index contributed by atoms with van der Waals surface area (Å²) in [6.45, 7) is 7.57. The first-order valence-electron chi connectivity index (χ1n) is 13.4. The number of piperidine rings is 2. The van der Waals surface area contributed by atoms with Crippen LogP contribution in [-0.4, -0.2) is 69.0 Å². The number of fused-ring (bicyclic) bond motifs is 1. The van der Waals surface area contributed by atoms with Gasteiger partial charge in [0, 0.05) is 53.6 Å². The Morgan fingerprint density at radius 2 is 1.85 bits per heavy atom. The SMILES string of the molecule is COc1cc(-c2cnc3cc(OC4CC5CC6(C(=O)OC(C)(C)C)CC(C4)N56)ccn23)cc(ON(C)F)c1C. The molecular weight excluding hydrogens is 503 g/mol. The van der Waals surface area contributed by atoms with Crippen LogP contribution in [0.5, 0.6) is 17.2 Å². The Balaban J connectivity index is 1.16. The monoisotopic (exact) mass is 538 g/mol. The minimum atomic E-state index is -0.471. The van der Waals surface area contributed by atoms with Crippen LogP contribution in [0.25, 0.3) is 16.9 Å². The molecule has 3 aromatic rings. The molecule has 5 heterocycles. The maximum absolute atomic E-state index is 13.5. The summed E-state index contributed by atoms with van der Waals surface area (Å²) >= 11 is 0. The summed E-state index contributed by atoms with van der Waals surface area (Å²) in [5.41, 5.74) is 2.15. The van der Waals surface area contributed by atoms with Gasteiger partial charge in [0.2, 0.25) is 0 Å². The van der Waals surface area contributed by atoms with Crippen molar-refractivity contribution in [2.75, 3.05) is 14.2 Å². The number of carbonyl (C=O) groups excluding carboxylic acids is 1. The van der Waals surface area contributed by atoms with E-state index in [-0.39, 0.29) is 17.4 Å². The second kappa shape index (κ2) is 9.09. The molecule has 0 saturated carbocycles. The molecule has 0 spiro atoms. The van der Waals surface area contributed by atoms with Gasteiger partial charge in [0.1, 0.15) is 34.4 Å². The molecule has 0 N–H and O–H groups in total. The first kappa shape index (κ1) is 25.9. The van der Waals surface area contributed by atoms with Gasteiger partial charge in [-0.05, 0) is 58.7 Å². The van der Waals surface area contributed by atoms with Gasteiger partial charge < -0.3 is 19.0 Å². The van der Waals surface area contributed by atoms with Gasteiger partial charge in [0.15, 0.2) is 5.75 Å². The van der Waals surface area contributed by atoms with Crippen LogP contribution in [0, 0.1) is 6.92 Å². The molecule has 0 aliphatic carbocycles. The maximum Gasteiger partial charge on any atom is 0.327 e. The van der Waals surface area contributed by atoms with Crippen molar-refractivity contribution in [1.82, 2.24) is 19.6 Å². The molecule has 0 radical (unpaired) electrons. The average Bonchev–Trinajstić information content (AvgIpc) is 3.24. The minimum absolute atomic E-state index is 0.0796. The molecule has 9 nitrogen and oxygen atoms in total. The van der Waals surface area contributed by atoms with E-state index in [0.717, 1.165) is 48.3 Å². The summed E-state index contributed by atoms with van der Waals surface area (Å²) in [4.78, 5) is 25.0. The zero-order valence-corrected chi connectivity index (χ0v) is 23.2. The number of pyridine rings is 1. The van der Waals surface area contributed by atoms with Crippen molar-refractivity contribution in [2.45, 2.75) is 82.7 Å². The third-order valence-corrected chi connectivity index (χ3v) is 8.12. The van der Waals surface area contributed by atoms with Crippen molar-refractivity contribution in [3.63, 3.8) is 0 Å². The molecule has 3 aliphatic heterocycles. The summed E-state index contributed by atoms with van der Waals surface area (Å²) < 4.78 is 33.1. The number of carbonyl (C=O) groups is 1. The largest absolute Gasteiger partial charge is 0.496 e. The lowest BCUT2D eigenvalue weighted by atomic mass is 9.59. The highest BCUT2D eigenvalue weighted by atomic mass is 19.2. The number of hydrogen-bond acceptors (Lipinski definition) is 8. The van der Waals surface area contributed by atoms with Gasteiger partial charge in [0.25, 0.3) is 0 Å². The van der Waals surface area contributed by atoms with E-state index in [1.54, 1.807) is 19.4 Å². The van der Waals surface area contributed by atoms with Crippen molar-refractivity contribution in [3.05, 3.63) is 42.2 Å². The lowest BCUT2D eigenvalue weighted by Gasteiger charge is -2.71. The molecule has 0 amide bonds. The first-order chi connectivity index (χ1) is 18.5. The van der Waals surface area contributed by atoms with Crippen LogP contribution >= 0.6 is 0 Å². The third-order valence-electron chi connectivity index (χ3n) is 8.12. The van der Waals surface area contributed by atoms with Crippen molar-refractivity contribution < 1.29 is 28.3 Å². The second-order valence-corrected chi connectivity index (χ2v) is 11.9. The molecule has 6 rings (SSSR count). The highest BCUT2D eigenvalue weighted by molar-refractivity contribution is 5.84. The number of halogens is 1. The average molecular weight is 539 g/mol. The van der Waals surface area contributed by atoms with E-state index in [1.165, 1.54) is 7.05 Å². The maximum atomic E-state index is 13.5. The first-order valence-corrected chi connectivity index (χ1v) is 13.4. The fourth-order valence-corrected chi connectivity index (χ4v) is 6.57. The Labute approximate surface area is 227 Å². The summed E-state index contributed by atoms with van der Waals surface area (Å²) in [5.74, 6) is 1.63. The number of hydroxylamine groups is 1. The third kappa shape index (κ3) is 4.39. The van der Waals surface area contributed by atoms with Gasteiger partial charge in [-0.15, -0.1) is 0 Å². The molecule has 3 fully saturated rings. The standard InChI is InChI=1S/C29H35FN4O5/c1-17-24(36-6)9-18(10-25(17)39-32(5)30)23-16-31-26-13-21(7-8-33(23)26)37-22-11-19-14-29(15-20(12-22)34(19)29)27(35)38-28(2,3)4/h7-10,13,16,19-20,22H,11-12,14-15H2,1-6H3. The number of aromatic nitrogens is 2. The fraction of sp³-hybridized carbons (Fsp3) is 0.517. The Hall–Kier alpha value is -3.37. The molecular formula is C29H35FN4O5. The number of imidazole rings is 1. The number of benzene rings is 1. The number of hydrogen-bond donors (Lipinski definition) is 0. The molecule has 2 atom stereocenters. The Morgan fingerprint density at radius 3 is 2.49 bits per heavy atom. The number of nitrogens with zero attached hydrogens (tertiary/aromatic N) is 4. The van der Waals surface area contributed by atoms with Gasteiger partial charge in [0.05, 0.1) is 26.0 Å². The number of rotatable bonds is 7. The van der Waals surface area contributed by atoms with Crippen LogP contribution in [0.3, 0.4) is 0 Å². The quantitative estimate of drug-likeness (QED) is 0.239. The Morgan fingerprint density at radius 1 is 1.15 bits per heavy atom. The molecule has 2 aromatic heterocycles. The van der Waals surface area contributed by atoms with Crippen LogP contribution in [-0.2, 0) is 9.53 Å². The fourth-order valence-electron chi connectivity index (χ4n) is 6.57. The summed E-state index contributed by atoms with van der Waals surface area (Å²) in [6.07, 6.45) is 7.24. The summed E-state index contributed by atoms with van der Waals surface area (Å²) in [5, 5.41) is 0.166. The van der Waals surface area contributed by atoms with Crippen LogP contribution in [0.4, 0.5) is 4.48 Å². The van der Waals surface area contributed by atoms with Crippen LogP contribution in [0.15, 0.2) is 36.7 Å². The molecule has 10 heteroatoms. The summed E-state index contributed by atoms with van der Waals surface area (Å²) in [6, 6.07) is 8.23. The van der Waals surface area contributed by atoms with Gasteiger partial charge >= 0.3 is 5.97 Å². The topological polar surface area (TPSA) is 77.8 Å². The van der Waals surface area contributed by atoms with E-state index in [4.69, 9.17) is 19.0 Å². The van der Waals surface area contributed by atoms with Crippen molar-refractivity contribution in [3.8, 4) is 28.5 Å². The summed E-state index contributed by atoms with van der Waals surface area (Å²) in [7, 11) is 2.76. The normalized spacial score (nSPS) is 26.0. The molecule has 1 aromatic carbocycles. The number of ether oxygens (including phenoxy) is 3. The molecule has 3 saturated heterocycles. The predicted octanol–water partition coefficient (Wildman–Crippen LogP) is 4.90. The second-order valence-electron chi connectivity index (χ2n) is 11.9. The lowest BCUT2D eigenvalue weighted by molar-refractivity contribution is -0.249. The number of methoxy groups -OCH3 is 1. The van der Waals surface area contributed by atoms with E-state index >= 15 is 0 Å².